The van der Waals surface area contributed by atoms with E-state index in [1.807, 2.05) is 25.1 Å². The van der Waals surface area contributed by atoms with E-state index >= 15 is 0 Å². The number of nitrogens with two attached hydrogens (primary N) is 1. The fourth-order valence-electron chi connectivity index (χ4n) is 3.23. The van der Waals surface area contributed by atoms with Gasteiger partial charge in [-0.05, 0) is 24.6 Å². The van der Waals surface area contributed by atoms with Gasteiger partial charge < -0.3 is 10.3 Å². The average Bonchev–Trinajstić information content (AvgIpc) is 3.01. The molecule has 3 saturated heterocycles. The molecule has 3 aliphatic rings. The number of anilines is 1. The molecule has 2 aromatic rings. The number of fused-ring (bicyclic) bond motifs is 3. The summed E-state index contributed by atoms with van der Waals surface area (Å²) in [7, 11) is 0. The van der Waals surface area contributed by atoms with E-state index in [9.17, 15) is 0 Å². The van der Waals surface area contributed by atoms with Crippen LogP contribution in [0.5, 0.6) is 0 Å². The van der Waals surface area contributed by atoms with Crippen molar-refractivity contribution >= 4 is 5.69 Å². The van der Waals surface area contributed by atoms with Crippen LogP contribution in [0.15, 0.2) is 22.7 Å². The summed E-state index contributed by atoms with van der Waals surface area (Å²) in [5, 5.41) is 4.21. The SMILES string of the molecule is Cc1c(N)cccc1-c1nc(C2CN3CCN2CC3)no1. The van der Waals surface area contributed by atoms with E-state index in [1.54, 1.807) is 0 Å². The Hall–Kier alpha value is -1.92. The molecule has 1 atom stereocenters. The van der Waals surface area contributed by atoms with Gasteiger partial charge in [0.2, 0.25) is 0 Å². The van der Waals surface area contributed by atoms with E-state index in [0.29, 0.717) is 5.89 Å². The lowest BCUT2D eigenvalue weighted by Crippen LogP contribution is -2.57. The van der Waals surface area contributed by atoms with Gasteiger partial charge >= 0.3 is 0 Å². The van der Waals surface area contributed by atoms with Crippen LogP contribution >= 0.6 is 0 Å². The Morgan fingerprint density at radius 2 is 2.05 bits per heavy atom. The predicted octanol–water partition coefficient (Wildman–Crippen LogP) is 1.30. The molecule has 0 saturated carbocycles. The normalized spacial score (nSPS) is 28.0. The highest BCUT2D eigenvalue weighted by Crippen LogP contribution is 2.30. The van der Waals surface area contributed by atoms with E-state index in [4.69, 9.17) is 10.3 Å². The first-order chi connectivity index (χ1) is 10.2. The molecule has 0 amide bonds. The van der Waals surface area contributed by atoms with Crippen molar-refractivity contribution in [3.8, 4) is 11.5 Å². The molecule has 6 heteroatoms. The van der Waals surface area contributed by atoms with E-state index < -0.39 is 0 Å². The minimum Gasteiger partial charge on any atom is -0.398 e. The third kappa shape index (κ3) is 2.11. The van der Waals surface area contributed by atoms with Gasteiger partial charge in [-0.25, -0.2) is 0 Å². The van der Waals surface area contributed by atoms with Crippen LogP contribution in [0.2, 0.25) is 0 Å². The third-order valence-electron chi connectivity index (χ3n) is 4.62. The fourth-order valence-corrected chi connectivity index (χ4v) is 3.23. The molecule has 3 aliphatic heterocycles. The lowest BCUT2D eigenvalue weighted by Gasteiger charge is -2.46. The Labute approximate surface area is 123 Å². The van der Waals surface area contributed by atoms with Crippen LogP contribution in [-0.2, 0) is 0 Å². The zero-order valence-corrected chi connectivity index (χ0v) is 12.1. The van der Waals surface area contributed by atoms with Crippen molar-refractivity contribution in [2.24, 2.45) is 0 Å². The highest BCUT2D eigenvalue weighted by molar-refractivity contribution is 5.66. The summed E-state index contributed by atoms with van der Waals surface area (Å²) in [6, 6.07) is 6.03. The second-order valence-electron chi connectivity index (χ2n) is 5.83. The maximum atomic E-state index is 5.95. The van der Waals surface area contributed by atoms with Gasteiger partial charge in [-0.15, -0.1) is 0 Å². The second-order valence-corrected chi connectivity index (χ2v) is 5.83. The molecule has 2 N–H and O–H groups in total. The van der Waals surface area contributed by atoms with E-state index in [1.165, 1.54) is 0 Å². The van der Waals surface area contributed by atoms with Gasteiger partial charge in [0.1, 0.15) is 0 Å². The first-order valence-electron chi connectivity index (χ1n) is 7.38. The van der Waals surface area contributed by atoms with Gasteiger partial charge in [-0.1, -0.05) is 11.2 Å². The average molecular weight is 285 g/mol. The van der Waals surface area contributed by atoms with Crippen LogP contribution in [-0.4, -0.2) is 52.7 Å². The molecule has 4 heterocycles. The van der Waals surface area contributed by atoms with E-state index in [-0.39, 0.29) is 6.04 Å². The molecule has 0 spiro atoms. The molecule has 0 radical (unpaired) electrons. The van der Waals surface area contributed by atoms with Gasteiger partial charge in [-0.2, -0.15) is 4.98 Å². The Bertz CT molecular complexity index is 660. The molecule has 110 valence electrons. The molecule has 2 bridgehead atoms. The van der Waals surface area contributed by atoms with Crippen LogP contribution in [0.25, 0.3) is 11.5 Å². The van der Waals surface area contributed by atoms with Crippen molar-refractivity contribution in [1.82, 2.24) is 19.9 Å². The third-order valence-corrected chi connectivity index (χ3v) is 4.62. The van der Waals surface area contributed by atoms with Gasteiger partial charge in [0, 0.05) is 44.0 Å². The minimum atomic E-state index is 0.256. The molecule has 6 nitrogen and oxygen atoms in total. The van der Waals surface area contributed by atoms with Crippen LogP contribution in [0.3, 0.4) is 0 Å². The number of aromatic nitrogens is 2. The van der Waals surface area contributed by atoms with Crippen molar-refractivity contribution in [2.75, 3.05) is 38.5 Å². The number of nitrogen functional groups attached to an aromatic ring is 1. The highest BCUT2D eigenvalue weighted by atomic mass is 16.5. The fraction of sp³-hybridized carbons (Fsp3) is 0.467. The number of piperazine rings is 3. The summed E-state index contributed by atoms with van der Waals surface area (Å²) in [6.07, 6.45) is 0. The van der Waals surface area contributed by atoms with Gasteiger partial charge in [0.05, 0.1) is 6.04 Å². The largest absolute Gasteiger partial charge is 0.398 e. The lowest BCUT2D eigenvalue weighted by atomic mass is 10.1. The maximum Gasteiger partial charge on any atom is 0.258 e. The predicted molar refractivity (Wildman–Crippen MR) is 79.6 cm³/mol. The standard InChI is InChI=1S/C15H19N5O/c1-10-11(3-2-4-12(10)16)15-17-14(18-21-15)13-9-19-5-7-20(13)8-6-19/h2-4,13H,5-9,16H2,1H3. The summed E-state index contributed by atoms with van der Waals surface area (Å²) in [4.78, 5) is 9.53. The van der Waals surface area contributed by atoms with Crippen LogP contribution < -0.4 is 5.73 Å². The number of nitrogens with zero attached hydrogens (tertiary/aromatic N) is 4. The number of hydrogen-bond donors (Lipinski definition) is 1. The molecule has 1 aromatic carbocycles. The summed E-state index contributed by atoms with van der Waals surface area (Å²) < 4.78 is 5.49. The molecular formula is C15H19N5O. The van der Waals surface area contributed by atoms with E-state index in [0.717, 1.165) is 55.4 Å². The first kappa shape index (κ1) is 12.8. The minimum absolute atomic E-state index is 0.256. The summed E-state index contributed by atoms with van der Waals surface area (Å²) in [5.41, 5.74) is 8.61. The molecule has 0 aliphatic carbocycles. The Morgan fingerprint density at radius 1 is 1.24 bits per heavy atom. The molecule has 1 aromatic heterocycles. The van der Waals surface area contributed by atoms with Crippen LogP contribution in [0.1, 0.15) is 17.4 Å². The highest BCUT2D eigenvalue weighted by Gasteiger charge is 2.35. The van der Waals surface area contributed by atoms with Crippen molar-refractivity contribution < 1.29 is 4.52 Å². The zero-order chi connectivity index (χ0) is 14.4. The quantitative estimate of drug-likeness (QED) is 0.839. The maximum absolute atomic E-state index is 5.95. The summed E-state index contributed by atoms with van der Waals surface area (Å²) in [5.74, 6) is 1.35. The molecule has 5 rings (SSSR count). The zero-order valence-electron chi connectivity index (χ0n) is 12.1. The van der Waals surface area contributed by atoms with E-state index in [2.05, 4.69) is 19.9 Å². The first-order valence-corrected chi connectivity index (χ1v) is 7.38. The lowest BCUT2D eigenvalue weighted by molar-refractivity contribution is 0.00781. The second kappa shape index (κ2) is 4.82. The number of rotatable bonds is 2. The van der Waals surface area contributed by atoms with Crippen LogP contribution in [0, 0.1) is 6.92 Å². The molecule has 1 unspecified atom stereocenters. The molecule has 3 fully saturated rings. The Balaban J connectivity index is 1.65. The van der Waals surface area contributed by atoms with Gasteiger partial charge in [0.25, 0.3) is 5.89 Å². The topological polar surface area (TPSA) is 71.4 Å². The number of benzene rings is 1. The number of hydrogen-bond acceptors (Lipinski definition) is 6. The monoisotopic (exact) mass is 285 g/mol. The smallest absolute Gasteiger partial charge is 0.258 e. The Kier molecular flexibility index (Phi) is 2.94. The van der Waals surface area contributed by atoms with Crippen molar-refractivity contribution in [1.29, 1.82) is 0 Å². The van der Waals surface area contributed by atoms with Crippen molar-refractivity contribution in [3.05, 3.63) is 29.6 Å². The van der Waals surface area contributed by atoms with Gasteiger partial charge in [-0.3, -0.25) is 9.80 Å². The molecular weight excluding hydrogens is 266 g/mol. The Morgan fingerprint density at radius 3 is 2.76 bits per heavy atom. The van der Waals surface area contributed by atoms with Crippen molar-refractivity contribution in [2.45, 2.75) is 13.0 Å². The van der Waals surface area contributed by atoms with Crippen molar-refractivity contribution in [3.63, 3.8) is 0 Å². The summed E-state index contributed by atoms with van der Waals surface area (Å²) in [6.45, 7) is 7.45. The molecule has 21 heavy (non-hydrogen) atoms. The summed E-state index contributed by atoms with van der Waals surface area (Å²) >= 11 is 0. The van der Waals surface area contributed by atoms with Gasteiger partial charge in [0.15, 0.2) is 5.82 Å². The van der Waals surface area contributed by atoms with Crippen LogP contribution in [0.4, 0.5) is 5.69 Å².